The van der Waals surface area contributed by atoms with E-state index in [-0.39, 0.29) is 11.7 Å². The van der Waals surface area contributed by atoms with Gasteiger partial charge in [0.25, 0.3) is 0 Å². The van der Waals surface area contributed by atoms with Gasteiger partial charge in [0.05, 0.1) is 21.8 Å². The molecule has 0 aliphatic carbocycles. The van der Waals surface area contributed by atoms with Gasteiger partial charge in [0.1, 0.15) is 0 Å². The van der Waals surface area contributed by atoms with Gasteiger partial charge in [0, 0.05) is 23.8 Å². The second-order valence-electron chi connectivity index (χ2n) is 6.23. The van der Waals surface area contributed by atoms with Crippen molar-refractivity contribution >= 4 is 39.0 Å². The lowest BCUT2D eigenvalue weighted by molar-refractivity contribution is 0.262. The van der Waals surface area contributed by atoms with Gasteiger partial charge in [-0.3, -0.25) is 4.57 Å². The molecular formula is C20H17N5O2S. The summed E-state index contributed by atoms with van der Waals surface area (Å²) in [5, 5.41) is 6.64. The van der Waals surface area contributed by atoms with Crippen molar-refractivity contribution in [1.82, 2.24) is 14.5 Å². The number of benzene rings is 2. The summed E-state index contributed by atoms with van der Waals surface area (Å²) in [5.74, 6) is 0. The zero-order valence-electron chi connectivity index (χ0n) is 15.0. The van der Waals surface area contributed by atoms with Crippen LogP contribution in [-0.4, -0.2) is 20.6 Å². The average Bonchev–Trinajstić information content (AvgIpc) is 3.03. The lowest BCUT2D eigenvalue weighted by Gasteiger charge is -2.10. The second-order valence-corrected chi connectivity index (χ2v) is 7.46. The molecule has 0 unspecified atom stereocenters. The van der Waals surface area contributed by atoms with Crippen LogP contribution in [0, 0.1) is 6.92 Å². The van der Waals surface area contributed by atoms with E-state index < -0.39 is 0 Å². The molecule has 7 nitrogen and oxygen atoms in total. The molecule has 0 saturated carbocycles. The van der Waals surface area contributed by atoms with Crippen LogP contribution in [0.3, 0.4) is 0 Å². The first kappa shape index (κ1) is 17.9. The van der Waals surface area contributed by atoms with E-state index in [1.807, 2.05) is 43.3 Å². The Bertz CT molecular complexity index is 1210. The molecule has 0 fully saturated rings. The smallest absolute Gasteiger partial charge is 0.308 e. The Morgan fingerprint density at radius 2 is 1.93 bits per heavy atom. The molecule has 0 atom stereocenters. The molecule has 0 aliphatic heterocycles. The number of carbonyl (C=O) groups excluding carboxylic acids is 1. The molecule has 2 heterocycles. The number of nitrogens with zero attached hydrogens (tertiary/aromatic N) is 3. The highest BCUT2D eigenvalue weighted by molar-refractivity contribution is 7.18. The topological polar surface area (TPSA) is 88.9 Å². The predicted octanol–water partition coefficient (Wildman–Crippen LogP) is 3.85. The van der Waals surface area contributed by atoms with Gasteiger partial charge in [-0.15, -0.1) is 11.3 Å². The van der Waals surface area contributed by atoms with E-state index in [2.05, 4.69) is 20.6 Å². The van der Waals surface area contributed by atoms with Crippen LogP contribution in [0.4, 0.5) is 16.2 Å². The second kappa shape index (κ2) is 7.61. The number of anilines is 2. The van der Waals surface area contributed by atoms with Gasteiger partial charge in [0.15, 0.2) is 0 Å². The van der Waals surface area contributed by atoms with Crippen molar-refractivity contribution in [2.24, 2.45) is 0 Å². The molecule has 2 aromatic carbocycles. The minimum atomic E-state index is -0.337. The maximum Gasteiger partial charge on any atom is 0.347 e. The quantitative estimate of drug-likeness (QED) is 0.553. The summed E-state index contributed by atoms with van der Waals surface area (Å²) in [6, 6.07) is 14.3. The average molecular weight is 391 g/mol. The molecule has 2 aromatic heterocycles. The number of urea groups is 1. The van der Waals surface area contributed by atoms with Crippen LogP contribution in [0.5, 0.6) is 0 Å². The highest BCUT2D eigenvalue weighted by Crippen LogP contribution is 2.24. The molecule has 8 heteroatoms. The molecule has 140 valence electrons. The first-order chi connectivity index (χ1) is 13.6. The Labute approximate surface area is 164 Å². The van der Waals surface area contributed by atoms with Crippen LogP contribution < -0.4 is 16.3 Å². The number of fused-ring (bicyclic) bond motifs is 1. The van der Waals surface area contributed by atoms with E-state index in [9.17, 15) is 9.59 Å². The maximum absolute atomic E-state index is 12.3. The van der Waals surface area contributed by atoms with Gasteiger partial charge in [-0.2, -0.15) is 0 Å². The van der Waals surface area contributed by atoms with E-state index in [1.54, 1.807) is 29.7 Å². The lowest BCUT2D eigenvalue weighted by atomic mass is 10.2. The largest absolute Gasteiger partial charge is 0.347 e. The zero-order valence-corrected chi connectivity index (χ0v) is 15.9. The molecule has 28 heavy (non-hydrogen) atoms. The molecule has 4 rings (SSSR count). The molecule has 0 saturated heterocycles. The van der Waals surface area contributed by atoms with Crippen LogP contribution in [0.15, 0.2) is 65.7 Å². The molecule has 0 bridgehead atoms. The number of amides is 2. The maximum atomic E-state index is 12.3. The number of rotatable bonds is 4. The van der Waals surface area contributed by atoms with Crippen LogP contribution in [0.1, 0.15) is 10.6 Å². The number of aryl methyl sites for hydroxylation is 1. The van der Waals surface area contributed by atoms with Crippen LogP contribution >= 0.6 is 11.3 Å². The van der Waals surface area contributed by atoms with Crippen LogP contribution in [0.2, 0.25) is 0 Å². The summed E-state index contributed by atoms with van der Waals surface area (Å²) in [4.78, 5) is 32.3. The van der Waals surface area contributed by atoms with E-state index in [0.717, 1.165) is 20.8 Å². The third-order valence-electron chi connectivity index (χ3n) is 4.07. The minimum absolute atomic E-state index is 0.313. The van der Waals surface area contributed by atoms with Gasteiger partial charge in [-0.1, -0.05) is 12.1 Å². The van der Waals surface area contributed by atoms with E-state index >= 15 is 0 Å². The first-order valence-electron chi connectivity index (χ1n) is 8.62. The monoisotopic (exact) mass is 391 g/mol. The number of hydrogen-bond donors (Lipinski definition) is 2. The Morgan fingerprint density at radius 3 is 2.75 bits per heavy atom. The van der Waals surface area contributed by atoms with Crippen molar-refractivity contribution in [3.05, 3.63) is 82.0 Å². The summed E-state index contributed by atoms with van der Waals surface area (Å²) in [5.41, 5.74) is 2.84. The Morgan fingerprint density at radius 1 is 1.11 bits per heavy atom. The molecule has 0 spiro atoms. The zero-order chi connectivity index (χ0) is 19.5. The number of thiazole rings is 1. The SMILES string of the molecule is Cc1nc2ccc(NC(=O)Nc3cccc(Cn4cccnc4=O)c3)cc2s1. The van der Waals surface area contributed by atoms with Crippen LogP contribution in [0.25, 0.3) is 10.2 Å². The highest BCUT2D eigenvalue weighted by Gasteiger charge is 2.07. The van der Waals surface area contributed by atoms with Crippen molar-refractivity contribution in [1.29, 1.82) is 0 Å². The molecule has 0 aliphatic rings. The molecule has 2 amide bonds. The summed E-state index contributed by atoms with van der Waals surface area (Å²) in [7, 11) is 0. The van der Waals surface area contributed by atoms with Crippen LogP contribution in [-0.2, 0) is 6.54 Å². The summed E-state index contributed by atoms with van der Waals surface area (Å²) >= 11 is 1.59. The Balaban J connectivity index is 1.45. The van der Waals surface area contributed by atoms with Crippen molar-refractivity contribution in [3.8, 4) is 0 Å². The fourth-order valence-electron chi connectivity index (χ4n) is 2.86. The Hall–Kier alpha value is -3.52. The fraction of sp³-hybridized carbons (Fsp3) is 0.100. The van der Waals surface area contributed by atoms with E-state index in [4.69, 9.17) is 0 Å². The number of carbonyl (C=O) groups is 1. The molecule has 2 N–H and O–H groups in total. The molecule has 0 radical (unpaired) electrons. The van der Waals surface area contributed by atoms with Gasteiger partial charge < -0.3 is 10.6 Å². The normalized spacial score (nSPS) is 10.8. The van der Waals surface area contributed by atoms with Crippen molar-refractivity contribution < 1.29 is 4.79 Å². The third-order valence-corrected chi connectivity index (χ3v) is 5.01. The summed E-state index contributed by atoms with van der Waals surface area (Å²) in [6.07, 6.45) is 3.14. The van der Waals surface area contributed by atoms with E-state index in [0.29, 0.717) is 17.9 Å². The van der Waals surface area contributed by atoms with Crippen molar-refractivity contribution in [2.45, 2.75) is 13.5 Å². The summed E-state index contributed by atoms with van der Waals surface area (Å²) < 4.78 is 2.53. The number of aromatic nitrogens is 3. The molecular weight excluding hydrogens is 374 g/mol. The predicted molar refractivity (Wildman–Crippen MR) is 111 cm³/mol. The standard InChI is InChI=1S/C20H17N5O2S/c1-13-22-17-7-6-16(11-18(17)28-13)24-19(26)23-15-5-2-4-14(10-15)12-25-9-3-8-21-20(25)27/h2-11H,12H2,1H3,(H2,23,24,26). The van der Waals surface area contributed by atoms with Gasteiger partial charge in [-0.25, -0.2) is 19.6 Å². The first-order valence-corrected chi connectivity index (χ1v) is 9.44. The lowest BCUT2D eigenvalue weighted by Crippen LogP contribution is -2.22. The third kappa shape index (κ3) is 4.07. The molecule has 4 aromatic rings. The number of hydrogen-bond acceptors (Lipinski definition) is 5. The van der Waals surface area contributed by atoms with E-state index in [1.165, 1.54) is 10.8 Å². The Kier molecular flexibility index (Phi) is 4.86. The van der Waals surface area contributed by atoms with Crippen molar-refractivity contribution in [3.63, 3.8) is 0 Å². The van der Waals surface area contributed by atoms with Crippen molar-refractivity contribution in [2.75, 3.05) is 10.6 Å². The highest BCUT2D eigenvalue weighted by atomic mass is 32.1. The summed E-state index contributed by atoms with van der Waals surface area (Å²) in [6.45, 7) is 2.34. The number of nitrogens with one attached hydrogen (secondary N) is 2. The van der Waals surface area contributed by atoms with Gasteiger partial charge >= 0.3 is 11.7 Å². The van der Waals surface area contributed by atoms with Gasteiger partial charge in [0.2, 0.25) is 0 Å². The van der Waals surface area contributed by atoms with Gasteiger partial charge in [-0.05, 0) is 48.9 Å². The fourth-order valence-corrected chi connectivity index (χ4v) is 3.73. The minimum Gasteiger partial charge on any atom is -0.308 e.